The van der Waals surface area contributed by atoms with Crippen LogP contribution in [-0.4, -0.2) is 18.6 Å². The number of hydrogen-bond acceptors (Lipinski definition) is 3. The van der Waals surface area contributed by atoms with Gasteiger partial charge in [-0.05, 0) is 34.1 Å². The van der Waals surface area contributed by atoms with Gasteiger partial charge in [-0.25, -0.2) is 12.8 Å². The first kappa shape index (κ1) is 12.5. The third kappa shape index (κ3) is 2.51. The molecule has 0 fully saturated rings. The van der Waals surface area contributed by atoms with E-state index in [0.29, 0.717) is 5.56 Å². The number of hydrogen-bond donors (Lipinski definition) is 1. The molecule has 1 heterocycles. The third-order valence-corrected chi connectivity index (χ3v) is 4.02. The van der Waals surface area contributed by atoms with E-state index in [1.807, 2.05) is 0 Å². The normalized spacial score (nSPS) is 11.7. The molecule has 0 aliphatic carbocycles. The predicted molar refractivity (Wildman–Crippen MR) is 64.7 cm³/mol. The second kappa shape index (κ2) is 4.40. The van der Waals surface area contributed by atoms with Crippen LogP contribution in [0.15, 0.2) is 33.8 Å². The van der Waals surface area contributed by atoms with Crippen molar-refractivity contribution in [1.29, 1.82) is 0 Å². The Bertz CT molecular complexity index is 671. The van der Waals surface area contributed by atoms with Gasteiger partial charge in [-0.2, -0.15) is 5.10 Å². The van der Waals surface area contributed by atoms with E-state index in [1.54, 1.807) is 0 Å². The van der Waals surface area contributed by atoms with Crippen molar-refractivity contribution in [3.05, 3.63) is 34.7 Å². The predicted octanol–water partition coefficient (Wildman–Crippen LogP) is 2.91. The molecule has 17 heavy (non-hydrogen) atoms. The summed E-state index contributed by atoms with van der Waals surface area (Å²) < 4.78 is 35.8. The van der Waals surface area contributed by atoms with Crippen molar-refractivity contribution in [2.45, 2.75) is 4.90 Å². The molecule has 0 aliphatic rings. The Balaban J connectivity index is 2.62. The van der Waals surface area contributed by atoms with Crippen LogP contribution in [0.25, 0.3) is 11.3 Å². The summed E-state index contributed by atoms with van der Waals surface area (Å²) >= 11 is 3.01. The number of nitrogens with zero attached hydrogens (tertiary/aromatic N) is 1. The van der Waals surface area contributed by atoms with Crippen molar-refractivity contribution < 1.29 is 12.8 Å². The fourth-order valence-corrected chi connectivity index (χ4v) is 2.63. The van der Waals surface area contributed by atoms with E-state index in [9.17, 15) is 12.8 Å². The van der Waals surface area contributed by atoms with Gasteiger partial charge in [-0.3, -0.25) is 5.10 Å². The lowest BCUT2D eigenvalue weighted by atomic mass is 10.1. The number of H-pyrrole nitrogens is 1. The molecule has 1 aromatic carbocycles. The van der Waals surface area contributed by atoms with Crippen LogP contribution >= 0.6 is 26.6 Å². The van der Waals surface area contributed by atoms with Crippen LogP contribution in [0.2, 0.25) is 0 Å². The maximum absolute atomic E-state index is 13.1. The summed E-state index contributed by atoms with van der Waals surface area (Å²) in [6, 6.07) is 4.08. The van der Waals surface area contributed by atoms with Gasteiger partial charge in [0.05, 0.1) is 16.4 Å². The van der Waals surface area contributed by atoms with Crippen LogP contribution in [0.4, 0.5) is 4.39 Å². The summed E-state index contributed by atoms with van der Waals surface area (Å²) in [5, 5.41) is 6.14. The van der Waals surface area contributed by atoms with Crippen molar-refractivity contribution in [2.75, 3.05) is 0 Å². The van der Waals surface area contributed by atoms with Crippen LogP contribution in [-0.2, 0) is 9.05 Å². The van der Waals surface area contributed by atoms with E-state index in [2.05, 4.69) is 26.1 Å². The minimum absolute atomic E-state index is 0.141. The van der Waals surface area contributed by atoms with Crippen LogP contribution in [0.1, 0.15) is 0 Å². The lowest BCUT2D eigenvalue weighted by molar-refractivity contribution is 0.610. The number of rotatable bonds is 2. The van der Waals surface area contributed by atoms with Gasteiger partial charge in [0, 0.05) is 16.2 Å². The molecule has 1 N–H and O–H groups in total. The quantitative estimate of drug-likeness (QED) is 0.856. The molecule has 2 rings (SSSR count). The number of nitrogens with one attached hydrogen (secondary N) is 1. The Kier molecular flexibility index (Phi) is 3.24. The second-order valence-electron chi connectivity index (χ2n) is 3.18. The Morgan fingerprint density at radius 1 is 1.41 bits per heavy atom. The molecule has 0 atom stereocenters. The van der Waals surface area contributed by atoms with E-state index in [0.717, 1.165) is 6.20 Å². The average Bonchev–Trinajstić information content (AvgIpc) is 2.70. The molecule has 1 aromatic heterocycles. The zero-order valence-corrected chi connectivity index (χ0v) is 11.3. The van der Waals surface area contributed by atoms with E-state index >= 15 is 0 Å². The SMILES string of the molecule is O=S(=O)(Cl)c1cn[nH]c1-c1ccc(F)c(Br)c1. The Hall–Kier alpha value is -0.920. The summed E-state index contributed by atoms with van der Waals surface area (Å²) in [5.41, 5.74) is 0.690. The zero-order chi connectivity index (χ0) is 12.6. The van der Waals surface area contributed by atoms with Crippen LogP contribution in [0.3, 0.4) is 0 Å². The summed E-state index contributed by atoms with van der Waals surface area (Å²) in [6.45, 7) is 0. The summed E-state index contributed by atoms with van der Waals surface area (Å²) in [7, 11) is 1.36. The van der Waals surface area contributed by atoms with Gasteiger partial charge in [0.25, 0.3) is 9.05 Å². The van der Waals surface area contributed by atoms with E-state index in [4.69, 9.17) is 10.7 Å². The molecule has 8 heteroatoms. The average molecular weight is 340 g/mol. The van der Waals surface area contributed by atoms with Gasteiger partial charge < -0.3 is 0 Å². The van der Waals surface area contributed by atoms with Crippen molar-refractivity contribution in [3.63, 3.8) is 0 Å². The molecule has 0 amide bonds. The molecule has 0 spiro atoms. The van der Waals surface area contributed by atoms with Crippen LogP contribution in [0.5, 0.6) is 0 Å². The minimum Gasteiger partial charge on any atom is -0.276 e. The second-order valence-corrected chi connectivity index (χ2v) is 6.56. The lowest BCUT2D eigenvalue weighted by Gasteiger charge is -2.02. The maximum Gasteiger partial charge on any atom is 0.265 e. The molecule has 4 nitrogen and oxygen atoms in total. The van der Waals surface area contributed by atoms with E-state index in [-0.39, 0.29) is 15.1 Å². The molecule has 0 saturated carbocycles. The highest BCUT2D eigenvalue weighted by molar-refractivity contribution is 9.10. The first-order chi connectivity index (χ1) is 7.89. The summed E-state index contributed by atoms with van der Waals surface area (Å²) in [4.78, 5) is -0.141. The first-order valence-corrected chi connectivity index (χ1v) is 7.43. The highest BCUT2D eigenvalue weighted by atomic mass is 79.9. The molecule has 0 aliphatic heterocycles. The standard InChI is InChI=1S/C9H5BrClFN2O2S/c10-6-3-5(1-2-7(6)12)9-8(4-13-14-9)17(11,15)16/h1-4H,(H,13,14). The van der Waals surface area contributed by atoms with Gasteiger partial charge in [0.2, 0.25) is 0 Å². The molecular formula is C9H5BrClFN2O2S. The lowest BCUT2D eigenvalue weighted by Crippen LogP contribution is -1.92. The van der Waals surface area contributed by atoms with E-state index < -0.39 is 14.9 Å². The van der Waals surface area contributed by atoms with E-state index in [1.165, 1.54) is 18.2 Å². The fourth-order valence-electron chi connectivity index (χ4n) is 1.32. The van der Waals surface area contributed by atoms with Gasteiger partial charge in [0.1, 0.15) is 10.7 Å². The zero-order valence-electron chi connectivity index (χ0n) is 8.12. The first-order valence-electron chi connectivity index (χ1n) is 4.33. The maximum atomic E-state index is 13.1. The molecule has 0 saturated heterocycles. The van der Waals surface area contributed by atoms with Crippen molar-refractivity contribution >= 4 is 35.7 Å². The summed E-state index contributed by atoms with van der Waals surface area (Å²) in [5.74, 6) is -0.441. The molecule has 0 bridgehead atoms. The van der Waals surface area contributed by atoms with Gasteiger partial charge in [-0.1, -0.05) is 0 Å². The number of halogens is 3. The van der Waals surface area contributed by atoms with Crippen molar-refractivity contribution in [3.8, 4) is 11.3 Å². The van der Waals surface area contributed by atoms with Gasteiger partial charge >= 0.3 is 0 Å². The highest BCUT2D eigenvalue weighted by Gasteiger charge is 2.19. The minimum atomic E-state index is -3.89. The summed E-state index contributed by atoms with van der Waals surface area (Å²) in [6.07, 6.45) is 1.11. The number of aromatic nitrogens is 2. The van der Waals surface area contributed by atoms with Crippen LogP contribution < -0.4 is 0 Å². The third-order valence-electron chi connectivity index (χ3n) is 2.08. The molecule has 0 radical (unpaired) electrons. The number of benzene rings is 1. The monoisotopic (exact) mass is 338 g/mol. The molecular weight excluding hydrogens is 335 g/mol. The Labute approximate surface area is 109 Å². The molecule has 90 valence electrons. The van der Waals surface area contributed by atoms with Gasteiger partial charge in [-0.15, -0.1) is 0 Å². The van der Waals surface area contributed by atoms with Gasteiger partial charge in [0.15, 0.2) is 0 Å². The Morgan fingerprint density at radius 2 is 2.12 bits per heavy atom. The van der Waals surface area contributed by atoms with Crippen molar-refractivity contribution in [1.82, 2.24) is 10.2 Å². The topological polar surface area (TPSA) is 62.8 Å². The fraction of sp³-hybridized carbons (Fsp3) is 0. The highest BCUT2D eigenvalue weighted by Crippen LogP contribution is 2.29. The molecule has 2 aromatic rings. The van der Waals surface area contributed by atoms with Crippen LogP contribution in [0, 0.1) is 5.82 Å². The molecule has 0 unspecified atom stereocenters. The van der Waals surface area contributed by atoms with Crippen molar-refractivity contribution in [2.24, 2.45) is 0 Å². The Morgan fingerprint density at radius 3 is 2.71 bits per heavy atom. The largest absolute Gasteiger partial charge is 0.276 e. The number of aromatic amines is 1. The smallest absolute Gasteiger partial charge is 0.265 e.